The van der Waals surface area contributed by atoms with Gasteiger partial charge in [-0.1, -0.05) is 31.0 Å². The number of carbonyl (C=O) groups excluding carboxylic acids is 2. The van der Waals surface area contributed by atoms with Crippen LogP contribution < -0.4 is 10.6 Å². The van der Waals surface area contributed by atoms with E-state index in [9.17, 15) is 9.59 Å². The molecule has 1 aliphatic carbocycles. The summed E-state index contributed by atoms with van der Waals surface area (Å²) in [4.78, 5) is 29.6. The quantitative estimate of drug-likeness (QED) is 0.345. The van der Waals surface area contributed by atoms with Crippen LogP contribution in [0.2, 0.25) is 0 Å². The Bertz CT molecular complexity index is 1480. The van der Waals surface area contributed by atoms with Crippen LogP contribution in [0, 0.1) is 11.8 Å². The van der Waals surface area contributed by atoms with E-state index < -0.39 is 0 Å². The molecular weight excluding hydrogens is 496 g/mol. The Morgan fingerprint density at radius 3 is 2.76 bits per heavy atom. The minimum atomic E-state index is -0.219. The van der Waals surface area contributed by atoms with Gasteiger partial charge in [0, 0.05) is 29.8 Å². The van der Waals surface area contributed by atoms with Gasteiger partial charge in [-0.05, 0) is 71.5 Å². The molecule has 3 aliphatic rings. The second kappa shape index (κ2) is 9.54. The van der Waals surface area contributed by atoms with Crippen LogP contribution in [0.1, 0.15) is 65.7 Å². The highest BCUT2D eigenvalue weighted by Gasteiger charge is 2.48. The van der Waals surface area contributed by atoms with Gasteiger partial charge in [0.15, 0.2) is 0 Å². The predicted octanol–water partition coefficient (Wildman–Crippen LogP) is 5.06. The van der Waals surface area contributed by atoms with Crippen LogP contribution in [0.25, 0.3) is 11.0 Å². The largest absolute Gasteiger partial charge is 0.378 e. The molecule has 0 radical (unpaired) electrons. The van der Waals surface area contributed by atoms with Crippen molar-refractivity contribution in [2.75, 3.05) is 11.9 Å². The van der Waals surface area contributed by atoms with Gasteiger partial charge in [-0.3, -0.25) is 9.59 Å². The molecular formula is C29H30N6O2S. The highest BCUT2D eigenvalue weighted by atomic mass is 32.1. The first-order valence-corrected chi connectivity index (χ1v) is 14.4. The molecule has 0 bridgehead atoms. The normalized spacial score (nSPS) is 26.4. The molecule has 2 aromatic carbocycles. The number of rotatable bonds is 4. The third-order valence-electron chi connectivity index (χ3n) is 8.63. The summed E-state index contributed by atoms with van der Waals surface area (Å²) in [6.45, 7) is 0.741. The monoisotopic (exact) mass is 526 g/mol. The van der Waals surface area contributed by atoms with Crippen molar-refractivity contribution in [3.05, 3.63) is 76.0 Å². The summed E-state index contributed by atoms with van der Waals surface area (Å²) >= 11 is 1.71. The Balaban J connectivity index is 1.15. The molecule has 2 fully saturated rings. The molecule has 5 atom stereocenters. The minimum Gasteiger partial charge on any atom is -0.378 e. The second-order valence-electron chi connectivity index (χ2n) is 10.7. The molecule has 0 unspecified atom stereocenters. The van der Waals surface area contributed by atoms with E-state index in [1.54, 1.807) is 29.5 Å². The lowest BCUT2D eigenvalue weighted by molar-refractivity contribution is -0.138. The van der Waals surface area contributed by atoms with E-state index in [4.69, 9.17) is 0 Å². The van der Waals surface area contributed by atoms with Crippen LogP contribution in [0.3, 0.4) is 0 Å². The van der Waals surface area contributed by atoms with Gasteiger partial charge in [-0.2, -0.15) is 26.7 Å². The van der Waals surface area contributed by atoms with Crippen molar-refractivity contribution in [1.82, 2.24) is 25.6 Å². The van der Waals surface area contributed by atoms with E-state index in [2.05, 4.69) is 72.0 Å². The van der Waals surface area contributed by atoms with Crippen molar-refractivity contribution in [2.45, 2.75) is 50.2 Å². The summed E-state index contributed by atoms with van der Waals surface area (Å²) in [6.07, 6.45) is 4.58. The molecule has 2 amide bonds. The number of amides is 2. The summed E-state index contributed by atoms with van der Waals surface area (Å²) in [7, 11) is 0. The maximum atomic E-state index is 14.3. The topological polar surface area (TPSA) is 103 Å². The van der Waals surface area contributed by atoms with Gasteiger partial charge in [0.1, 0.15) is 11.0 Å². The van der Waals surface area contributed by atoms with E-state index in [1.807, 2.05) is 0 Å². The van der Waals surface area contributed by atoms with Crippen LogP contribution in [0.15, 0.2) is 59.3 Å². The molecule has 1 saturated carbocycles. The molecule has 38 heavy (non-hydrogen) atoms. The Morgan fingerprint density at radius 1 is 1.00 bits per heavy atom. The molecule has 9 heteroatoms. The van der Waals surface area contributed by atoms with Crippen molar-refractivity contribution in [3.8, 4) is 0 Å². The Morgan fingerprint density at radius 2 is 1.87 bits per heavy atom. The number of anilines is 1. The number of carbonyl (C=O) groups is 2. The second-order valence-corrected chi connectivity index (χ2v) is 11.5. The Kier molecular flexibility index (Phi) is 5.88. The highest BCUT2D eigenvalue weighted by molar-refractivity contribution is 7.08. The number of hydrogen-bond donors (Lipinski definition) is 3. The van der Waals surface area contributed by atoms with E-state index in [0.29, 0.717) is 17.0 Å². The van der Waals surface area contributed by atoms with Gasteiger partial charge in [0.05, 0.1) is 18.0 Å². The fourth-order valence-corrected chi connectivity index (χ4v) is 7.50. The van der Waals surface area contributed by atoms with Crippen molar-refractivity contribution >= 4 is 39.9 Å². The number of fused-ring (bicyclic) bond motifs is 4. The summed E-state index contributed by atoms with van der Waals surface area (Å²) < 4.78 is 0. The zero-order chi connectivity index (χ0) is 25.6. The van der Waals surface area contributed by atoms with Crippen LogP contribution in [-0.4, -0.2) is 44.7 Å². The zero-order valence-electron chi connectivity index (χ0n) is 21.0. The lowest BCUT2D eigenvalue weighted by Gasteiger charge is -2.41. The van der Waals surface area contributed by atoms with E-state index in [0.717, 1.165) is 49.9 Å². The minimum absolute atomic E-state index is 0.0395. The van der Waals surface area contributed by atoms with E-state index >= 15 is 0 Å². The molecule has 4 aromatic rings. The number of likely N-dealkylation sites (tertiary alicyclic amines) is 1. The van der Waals surface area contributed by atoms with Crippen molar-refractivity contribution in [2.24, 2.45) is 11.8 Å². The van der Waals surface area contributed by atoms with E-state index in [1.165, 1.54) is 11.1 Å². The predicted molar refractivity (Wildman–Crippen MR) is 147 cm³/mol. The first-order chi connectivity index (χ1) is 18.7. The maximum absolute atomic E-state index is 14.3. The number of H-pyrrole nitrogens is 1. The van der Waals surface area contributed by atoms with Gasteiger partial charge >= 0.3 is 0 Å². The average Bonchev–Trinajstić information content (AvgIpc) is 3.73. The smallest absolute Gasteiger partial charge is 0.251 e. The molecule has 2 aliphatic heterocycles. The molecule has 7 rings (SSSR count). The lowest BCUT2D eigenvalue weighted by atomic mass is 9.79. The number of benzene rings is 2. The number of hydrogen-bond acceptors (Lipinski definition) is 6. The SMILES string of the molecule is O=C(N[C@@H]1CCCC[C@@H]1C(=O)N1CC[C@H]2[C@H](c3ccsc3)Nc3ccccc3[C@@H]21)c1ccc2n[nH]nc2c1. The van der Waals surface area contributed by atoms with Gasteiger partial charge in [-0.25, -0.2) is 0 Å². The third-order valence-corrected chi connectivity index (χ3v) is 9.33. The van der Waals surface area contributed by atoms with Crippen molar-refractivity contribution in [1.29, 1.82) is 0 Å². The number of aromatic amines is 1. The summed E-state index contributed by atoms with van der Waals surface area (Å²) in [5.41, 5.74) is 5.52. The number of nitrogens with one attached hydrogen (secondary N) is 3. The van der Waals surface area contributed by atoms with Crippen molar-refractivity contribution in [3.63, 3.8) is 0 Å². The Hall–Kier alpha value is -3.72. The number of aromatic nitrogens is 3. The molecule has 194 valence electrons. The van der Waals surface area contributed by atoms with Crippen LogP contribution >= 0.6 is 11.3 Å². The first kappa shape index (κ1) is 23.4. The van der Waals surface area contributed by atoms with Crippen LogP contribution in [0.4, 0.5) is 5.69 Å². The molecule has 1 saturated heterocycles. The molecule has 3 N–H and O–H groups in total. The van der Waals surface area contributed by atoms with Crippen molar-refractivity contribution < 1.29 is 9.59 Å². The first-order valence-electron chi connectivity index (χ1n) is 13.5. The van der Waals surface area contributed by atoms with Gasteiger partial charge in [-0.15, -0.1) is 0 Å². The average molecular weight is 527 g/mol. The maximum Gasteiger partial charge on any atom is 0.251 e. The molecule has 0 spiro atoms. The van der Waals surface area contributed by atoms with Crippen LogP contribution in [-0.2, 0) is 4.79 Å². The fourth-order valence-electron chi connectivity index (χ4n) is 6.80. The Labute approximate surface area is 224 Å². The standard InChI is InChI=1S/C29H30N6O2S/c36-28(17-9-10-24-25(15-17)33-34-32-24)31-23-8-4-2-6-20(23)29(37)35-13-11-21-26(18-12-14-38-16-18)30-22-7-3-1-5-19(22)27(21)35/h1,3,5,7,9-10,12,14-16,20-21,23,26-27,30H,2,4,6,8,11,13H2,(H,31,36)(H,32,33,34)/t20-,21-,23+,26-,27-/m0/s1. The summed E-state index contributed by atoms with van der Waals surface area (Å²) in [6, 6.07) is 16.0. The van der Waals surface area contributed by atoms with Gasteiger partial charge in [0.2, 0.25) is 5.91 Å². The van der Waals surface area contributed by atoms with Gasteiger partial charge < -0.3 is 15.5 Å². The molecule has 8 nitrogen and oxygen atoms in total. The lowest BCUT2D eigenvalue weighted by Crippen LogP contribution is -2.50. The highest BCUT2D eigenvalue weighted by Crippen LogP contribution is 2.52. The van der Waals surface area contributed by atoms with E-state index in [-0.39, 0.29) is 35.9 Å². The number of nitrogens with zero attached hydrogens (tertiary/aromatic N) is 3. The summed E-state index contributed by atoms with van der Waals surface area (Å²) in [5, 5.41) is 22.1. The van der Waals surface area contributed by atoms with Crippen LogP contribution in [0.5, 0.6) is 0 Å². The fraction of sp³-hybridized carbons (Fsp3) is 0.379. The number of para-hydroxylation sites is 1. The molecule has 2 aromatic heterocycles. The third kappa shape index (κ3) is 3.96. The number of thiophene rings is 1. The molecule has 4 heterocycles. The summed E-state index contributed by atoms with van der Waals surface area (Å²) in [5.74, 6) is 0.108. The van der Waals surface area contributed by atoms with Gasteiger partial charge in [0.25, 0.3) is 5.91 Å². The zero-order valence-corrected chi connectivity index (χ0v) is 21.8.